The van der Waals surface area contributed by atoms with Gasteiger partial charge in [-0.2, -0.15) is 0 Å². The van der Waals surface area contributed by atoms with Crippen LogP contribution in [0, 0.1) is 0 Å². The van der Waals surface area contributed by atoms with Crippen LogP contribution in [0.15, 0.2) is 30.5 Å². The fourth-order valence-corrected chi connectivity index (χ4v) is 5.77. The lowest BCUT2D eigenvalue weighted by Gasteiger charge is -2.33. The molecular weight excluding hydrogens is 434 g/mol. The molecule has 162 valence electrons. The van der Waals surface area contributed by atoms with Gasteiger partial charge in [0.25, 0.3) is 5.91 Å². The molecule has 0 radical (unpaired) electrons. The highest BCUT2D eigenvalue weighted by molar-refractivity contribution is 7.19. The van der Waals surface area contributed by atoms with Crippen molar-refractivity contribution in [3.8, 4) is 16.9 Å². The van der Waals surface area contributed by atoms with Crippen molar-refractivity contribution >= 4 is 39.1 Å². The standard InChI is InChI=1S/C23H24ClN3O3S/c1-25-15-3-6-27(7-4-15)23(29)20-9-13-8-14(24)10-18(21(13)30-20)17-2-5-26-19-11-16(12-28)31-22(17)19/h2,5,8,10-11,15,20,25,28H,3-4,6-7,9,12H2,1H3. The number of nitrogens with zero attached hydrogens (tertiary/aromatic N) is 2. The van der Waals surface area contributed by atoms with Crippen LogP contribution in [-0.4, -0.2) is 53.2 Å². The summed E-state index contributed by atoms with van der Waals surface area (Å²) in [6.45, 7) is 1.47. The number of hydrogen-bond acceptors (Lipinski definition) is 6. The Morgan fingerprint density at radius 2 is 2.13 bits per heavy atom. The molecule has 0 saturated carbocycles. The molecule has 0 spiro atoms. The highest BCUT2D eigenvalue weighted by Crippen LogP contribution is 2.44. The Kier molecular flexibility index (Phi) is 5.60. The molecule has 2 aliphatic heterocycles. The molecule has 1 atom stereocenters. The number of aliphatic hydroxyl groups is 1. The fourth-order valence-electron chi connectivity index (χ4n) is 4.53. The molecule has 1 amide bonds. The fraction of sp³-hybridized carbons (Fsp3) is 0.391. The van der Waals surface area contributed by atoms with Gasteiger partial charge in [0.2, 0.25) is 0 Å². The van der Waals surface area contributed by atoms with E-state index < -0.39 is 6.10 Å². The number of carbonyl (C=O) groups is 1. The van der Waals surface area contributed by atoms with Crippen LogP contribution in [0.5, 0.6) is 5.75 Å². The van der Waals surface area contributed by atoms with Crippen molar-refractivity contribution in [1.29, 1.82) is 0 Å². The molecule has 31 heavy (non-hydrogen) atoms. The van der Waals surface area contributed by atoms with Crippen molar-refractivity contribution in [2.75, 3.05) is 20.1 Å². The van der Waals surface area contributed by atoms with Crippen molar-refractivity contribution < 1.29 is 14.6 Å². The number of hydrogen-bond donors (Lipinski definition) is 2. The second-order valence-electron chi connectivity index (χ2n) is 8.08. The third-order valence-electron chi connectivity index (χ3n) is 6.20. The molecule has 1 aromatic carbocycles. The van der Waals surface area contributed by atoms with Gasteiger partial charge in [0.1, 0.15) is 5.75 Å². The number of thiophene rings is 1. The largest absolute Gasteiger partial charge is 0.479 e. The number of aliphatic hydroxyl groups excluding tert-OH is 1. The third-order valence-corrected chi connectivity index (χ3v) is 7.56. The van der Waals surface area contributed by atoms with Crippen LogP contribution in [0.4, 0.5) is 0 Å². The summed E-state index contributed by atoms with van der Waals surface area (Å²) < 4.78 is 7.24. The number of halogens is 1. The van der Waals surface area contributed by atoms with E-state index in [4.69, 9.17) is 16.3 Å². The molecule has 5 rings (SSSR count). The van der Waals surface area contributed by atoms with Crippen molar-refractivity contribution in [2.24, 2.45) is 0 Å². The molecule has 8 heteroatoms. The second-order valence-corrected chi connectivity index (χ2v) is 9.66. The van der Waals surface area contributed by atoms with Gasteiger partial charge in [0.15, 0.2) is 6.10 Å². The number of nitrogens with one attached hydrogen (secondary N) is 1. The van der Waals surface area contributed by atoms with Gasteiger partial charge in [-0.05, 0) is 44.2 Å². The van der Waals surface area contributed by atoms with Gasteiger partial charge in [-0.3, -0.25) is 9.78 Å². The average molecular weight is 458 g/mol. The number of amides is 1. The monoisotopic (exact) mass is 457 g/mol. The molecule has 1 unspecified atom stereocenters. The van der Waals surface area contributed by atoms with E-state index >= 15 is 0 Å². The van der Waals surface area contributed by atoms with Gasteiger partial charge in [0.05, 0.1) is 16.8 Å². The normalized spacial score (nSPS) is 18.9. The predicted molar refractivity (Wildman–Crippen MR) is 123 cm³/mol. The molecule has 4 heterocycles. The van der Waals surface area contributed by atoms with Crippen molar-refractivity contribution in [3.63, 3.8) is 0 Å². The molecule has 2 aliphatic rings. The Morgan fingerprint density at radius 3 is 2.87 bits per heavy atom. The Balaban J connectivity index is 1.46. The van der Waals surface area contributed by atoms with Gasteiger partial charge in [-0.1, -0.05) is 11.6 Å². The van der Waals surface area contributed by atoms with Crippen molar-refractivity contribution in [1.82, 2.24) is 15.2 Å². The summed E-state index contributed by atoms with van der Waals surface area (Å²) in [4.78, 5) is 20.4. The molecule has 0 aliphatic carbocycles. The molecular formula is C23H24ClN3O3S. The number of fused-ring (bicyclic) bond motifs is 2. The Labute approximate surface area is 189 Å². The third kappa shape index (κ3) is 3.80. The Hall–Kier alpha value is -2.19. The highest BCUT2D eigenvalue weighted by Gasteiger charge is 2.36. The van der Waals surface area contributed by atoms with E-state index in [0.29, 0.717) is 17.5 Å². The maximum absolute atomic E-state index is 13.2. The van der Waals surface area contributed by atoms with E-state index in [1.807, 2.05) is 36.2 Å². The second kappa shape index (κ2) is 8.39. The molecule has 1 fully saturated rings. The molecule has 2 N–H and O–H groups in total. The van der Waals surface area contributed by atoms with E-state index in [1.54, 1.807) is 6.20 Å². The van der Waals surface area contributed by atoms with Gasteiger partial charge in [0, 0.05) is 58.3 Å². The number of aromatic nitrogens is 1. The number of pyridine rings is 1. The lowest BCUT2D eigenvalue weighted by Crippen LogP contribution is -2.48. The molecule has 0 bridgehead atoms. The lowest BCUT2D eigenvalue weighted by atomic mass is 10.00. The first-order valence-electron chi connectivity index (χ1n) is 10.5. The molecule has 3 aromatic rings. The molecule has 6 nitrogen and oxygen atoms in total. The highest BCUT2D eigenvalue weighted by atomic mass is 35.5. The molecule has 2 aromatic heterocycles. The predicted octanol–water partition coefficient (Wildman–Crippen LogP) is 3.62. The summed E-state index contributed by atoms with van der Waals surface area (Å²) in [5, 5.41) is 13.5. The average Bonchev–Trinajstić information content (AvgIpc) is 3.41. The van der Waals surface area contributed by atoms with Gasteiger partial charge >= 0.3 is 0 Å². The number of carbonyl (C=O) groups excluding carboxylic acids is 1. The minimum Gasteiger partial charge on any atom is -0.479 e. The lowest BCUT2D eigenvalue weighted by molar-refractivity contribution is -0.139. The SMILES string of the molecule is CNC1CCN(C(=O)C2Cc3cc(Cl)cc(-c4ccnc5cc(CO)sc45)c3O2)CC1. The summed E-state index contributed by atoms with van der Waals surface area (Å²) in [5.41, 5.74) is 3.61. The van der Waals surface area contributed by atoms with E-state index in [0.717, 1.165) is 63.5 Å². The number of piperidine rings is 1. The Bertz CT molecular complexity index is 1140. The quantitative estimate of drug-likeness (QED) is 0.625. The maximum atomic E-state index is 13.2. The first-order valence-corrected chi connectivity index (χ1v) is 11.7. The number of rotatable bonds is 4. The van der Waals surface area contributed by atoms with Crippen LogP contribution in [0.1, 0.15) is 23.3 Å². The zero-order valence-corrected chi connectivity index (χ0v) is 18.8. The topological polar surface area (TPSA) is 74.7 Å². The van der Waals surface area contributed by atoms with Crippen molar-refractivity contribution in [3.05, 3.63) is 45.9 Å². The van der Waals surface area contributed by atoms with Crippen LogP contribution in [0.3, 0.4) is 0 Å². The van der Waals surface area contributed by atoms with Crippen LogP contribution in [0.2, 0.25) is 5.02 Å². The van der Waals surface area contributed by atoms with Crippen LogP contribution in [-0.2, 0) is 17.8 Å². The Morgan fingerprint density at radius 1 is 1.32 bits per heavy atom. The van der Waals surface area contributed by atoms with E-state index in [-0.39, 0.29) is 12.5 Å². The first-order chi connectivity index (χ1) is 15.1. The number of ether oxygens (including phenoxy) is 1. The molecule has 1 saturated heterocycles. The summed E-state index contributed by atoms with van der Waals surface area (Å²) in [5.74, 6) is 0.769. The van der Waals surface area contributed by atoms with Gasteiger partial charge < -0.3 is 20.1 Å². The zero-order valence-electron chi connectivity index (χ0n) is 17.2. The van der Waals surface area contributed by atoms with Crippen LogP contribution < -0.4 is 10.1 Å². The summed E-state index contributed by atoms with van der Waals surface area (Å²) in [6.07, 6.45) is 3.67. The minimum atomic E-state index is -0.521. The first kappa shape index (κ1) is 20.7. The van der Waals surface area contributed by atoms with E-state index in [1.165, 1.54) is 11.3 Å². The summed E-state index contributed by atoms with van der Waals surface area (Å²) in [6, 6.07) is 8.09. The smallest absolute Gasteiger partial charge is 0.263 e. The maximum Gasteiger partial charge on any atom is 0.263 e. The van der Waals surface area contributed by atoms with Crippen molar-refractivity contribution in [2.45, 2.75) is 38.0 Å². The summed E-state index contributed by atoms with van der Waals surface area (Å²) >= 11 is 7.97. The van der Waals surface area contributed by atoms with Crippen LogP contribution in [0.25, 0.3) is 21.3 Å². The number of benzene rings is 1. The minimum absolute atomic E-state index is 0.0224. The van der Waals surface area contributed by atoms with Crippen LogP contribution >= 0.6 is 22.9 Å². The summed E-state index contributed by atoms with van der Waals surface area (Å²) in [7, 11) is 1.97. The zero-order chi connectivity index (χ0) is 21.5. The van der Waals surface area contributed by atoms with Gasteiger partial charge in [-0.15, -0.1) is 11.3 Å². The number of likely N-dealkylation sites (tertiary alicyclic amines) is 1. The van der Waals surface area contributed by atoms with Gasteiger partial charge in [-0.25, -0.2) is 0 Å². The van der Waals surface area contributed by atoms with E-state index in [2.05, 4.69) is 10.3 Å². The van der Waals surface area contributed by atoms with E-state index in [9.17, 15) is 9.90 Å².